The molecule has 1 heterocycles. The number of likely N-dealkylation sites (tertiary alicyclic amines) is 1. The highest BCUT2D eigenvalue weighted by atomic mass is 16.5. The molecule has 94 valence electrons. The van der Waals surface area contributed by atoms with Gasteiger partial charge in [0, 0.05) is 30.4 Å². The van der Waals surface area contributed by atoms with Gasteiger partial charge in [0.1, 0.15) is 5.75 Å². The molecule has 2 rings (SSSR count). The van der Waals surface area contributed by atoms with Crippen molar-refractivity contribution in [3.8, 4) is 5.75 Å². The van der Waals surface area contributed by atoms with Crippen LogP contribution in [0.25, 0.3) is 0 Å². The van der Waals surface area contributed by atoms with E-state index in [2.05, 4.69) is 18.7 Å². The van der Waals surface area contributed by atoms with Gasteiger partial charge in [0.2, 0.25) is 0 Å². The Bertz CT molecular complexity index is 392. The quantitative estimate of drug-likeness (QED) is 0.817. The third-order valence-electron chi connectivity index (χ3n) is 3.59. The largest absolute Gasteiger partial charge is 0.496 e. The number of hydrogen-bond acceptors (Lipinski definition) is 3. The van der Waals surface area contributed by atoms with Crippen LogP contribution in [-0.2, 0) is 6.54 Å². The second-order valence-electron chi connectivity index (χ2n) is 5.19. The first-order chi connectivity index (χ1) is 8.10. The Labute approximate surface area is 104 Å². The predicted octanol–water partition coefficient (Wildman–Crippen LogP) is 2.51. The van der Waals surface area contributed by atoms with Gasteiger partial charge in [-0.05, 0) is 37.5 Å². The number of methoxy groups -OCH3 is 1. The van der Waals surface area contributed by atoms with Crippen molar-refractivity contribution in [2.75, 3.05) is 19.4 Å². The molecule has 3 heteroatoms. The summed E-state index contributed by atoms with van der Waals surface area (Å²) in [5, 5.41) is 0. The second kappa shape index (κ2) is 4.96. The maximum absolute atomic E-state index is 5.84. The Morgan fingerprint density at radius 3 is 2.76 bits per heavy atom. The first-order valence-corrected chi connectivity index (χ1v) is 6.26. The zero-order valence-electron chi connectivity index (χ0n) is 10.9. The van der Waals surface area contributed by atoms with Crippen molar-refractivity contribution in [1.29, 1.82) is 0 Å². The van der Waals surface area contributed by atoms with Crippen LogP contribution in [0, 0.1) is 5.92 Å². The molecular formula is C14H22N2O. The third-order valence-corrected chi connectivity index (χ3v) is 3.59. The van der Waals surface area contributed by atoms with Gasteiger partial charge in [-0.25, -0.2) is 0 Å². The molecule has 2 atom stereocenters. The highest BCUT2D eigenvalue weighted by molar-refractivity contribution is 5.47. The average molecular weight is 234 g/mol. The fraction of sp³-hybridized carbons (Fsp3) is 0.571. The lowest BCUT2D eigenvalue weighted by Gasteiger charge is -2.22. The second-order valence-corrected chi connectivity index (χ2v) is 5.19. The van der Waals surface area contributed by atoms with E-state index in [1.54, 1.807) is 7.11 Å². The minimum atomic E-state index is 0.649. The Balaban J connectivity index is 2.15. The van der Waals surface area contributed by atoms with Gasteiger partial charge in [0.25, 0.3) is 0 Å². The van der Waals surface area contributed by atoms with Crippen molar-refractivity contribution >= 4 is 5.69 Å². The zero-order valence-corrected chi connectivity index (χ0v) is 10.9. The lowest BCUT2D eigenvalue weighted by molar-refractivity contribution is 0.252. The Morgan fingerprint density at radius 2 is 2.18 bits per heavy atom. The van der Waals surface area contributed by atoms with Crippen LogP contribution in [0.15, 0.2) is 18.2 Å². The van der Waals surface area contributed by atoms with Gasteiger partial charge in [0.05, 0.1) is 7.11 Å². The SMILES string of the molecule is COc1ccc(N)cc1CN1CC(C)CC1C. The lowest BCUT2D eigenvalue weighted by atomic mass is 10.1. The van der Waals surface area contributed by atoms with Crippen LogP contribution in [0.2, 0.25) is 0 Å². The summed E-state index contributed by atoms with van der Waals surface area (Å²) in [6.07, 6.45) is 1.28. The molecule has 0 bridgehead atoms. The molecule has 1 saturated heterocycles. The van der Waals surface area contributed by atoms with Crippen LogP contribution in [0.5, 0.6) is 5.75 Å². The molecule has 0 saturated carbocycles. The molecule has 1 aliphatic heterocycles. The molecule has 17 heavy (non-hydrogen) atoms. The summed E-state index contributed by atoms with van der Waals surface area (Å²) in [6.45, 7) is 6.70. The molecule has 0 radical (unpaired) electrons. The van der Waals surface area contributed by atoms with E-state index in [0.29, 0.717) is 6.04 Å². The van der Waals surface area contributed by atoms with Gasteiger partial charge < -0.3 is 10.5 Å². The summed E-state index contributed by atoms with van der Waals surface area (Å²) >= 11 is 0. The third kappa shape index (κ3) is 2.72. The number of hydrogen-bond donors (Lipinski definition) is 1. The fourth-order valence-corrected chi connectivity index (χ4v) is 2.75. The van der Waals surface area contributed by atoms with Gasteiger partial charge in [-0.1, -0.05) is 6.92 Å². The van der Waals surface area contributed by atoms with Crippen LogP contribution in [0.1, 0.15) is 25.8 Å². The molecule has 1 aromatic rings. The molecule has 1 fully saturated rings. The summed E-state index contributed by atoms with van der Waals surface area (Å²) in [7, 11) is 1.71. The van der Waals surface area contributed by atoms with Crippen LogP contribution in [-0.4, -0.2) is 24.6 Å². The van der Waals surface area contributed by atoms with E-state index in [1.165, 1.54) is 18.5 Å². The molecule has 0 aromatic heterocycles. The van der Waals surface area contributed by atoms with E-state index in [4.69, 9.17) is 10.5 Å². The number of benzene rings is 1. The van der Waals surface area contributed by atoms with Crippen LogP contribution in [0.3, 0.4) is 0 Å². The van der Waals surface area contributed by atoms with Crippen LogP contribution < -0.4 is 10.5 Å². The van der Waals surface area contributed by atoms with Crippen molar-refractivity contribution < 1.29 is 4.74 Å². The number of ether oxygens (including phenoxy) is 1. The molecule has 2 unspecified atom stereocenters. The van der Waals surface area contributed by atoms with Crippen LogP contribution >= 0.6 is 0 Å². The normalized spacial score (nSPS) is 25.1. The van der Waals surface area contributed by atoms with Crippen molar-refractivity contribution in [3.63, 3.8) is 0 Å². The highest BCUT2D eigenvalue weighted by Crippen LogP contribution is 2.28. The first kappa shape index (κ1) is 12.2. The average Bonchev–Trinajstić information content (AvgIpc) is 2.58. The fourth-order valence-electron chi connectivity index (χ4n) is 2.75. The molecule has 0 aliphatic carbocycles. The number of nitrogens with two attached hydrogens (primary N) is 1. The van der Waals surface area contributed by atoms with E-state index < -0.39 is 0 Å². The number of nitrogens with zero attached hydrogens (tertiary/aromatic N) is 1. The van der Waals surface area contributed by atoms with Crippen LogP contribution in [0.4, 0.5) is 5.69 Å². The van der Waals surface area contributed by atoms with E-state index in [-0.39, 0.29) is 0 Å². The Hall–Kier alpha value is -1.22. The van der Waals surface area contributed by atoms with E-state index >= 15 is 0 Å². The van der Waals surface area contributed by atoms with E-state index in [9.17, 15) is 0 Å². The standard InChI is InChI=1S/C14H22N2O/c1-10-6-11(2)16(8-10)9-12-7-13(15)4-5-14(12)17-3/h4-5,7,10-11H,6,8-9,15H2,1-3H3. The number of anilines is 1. The topological polar surface area (TPSA) is 38.5 Å². The summed E-state index contributed by atoms with van der Waals surface area (Å²) in [4.78, 5) is 2.50. The zero-order chi connectivity index (χ0) is 12.4. The molecule has 1 aromatic carbocycles. The minimum absolute atomic E-state index is 0.649. The molecule has 0 amide bonds. The van der Waals surface area contributed by atoms with E-state index in [1.807, 2.05) is 18.2 Å². The van der Waals surface area contributed by atoms with Crippen molar-refractivity contribution in [2.24, 2.45) is 5.92 Å². The van der Waals surface area contributed by atoms with Gasteiger partial charge >= 0.3 is 0 Å². The van der Waals surface area contributed by atoms with Gasteiger partial charge in [-0.3, -0.25) is 4.90 Å². The Morgan fingerprint density at radius 1 is 1.41 bits per heavy atom. The number of rotatable bonds is 3. The summed E-state index contributed by atoms with van der Waals surface area (Å²) in [6, 6.07) is 6.51. The molecule has 2 N–H and O–H groups in total. The van der Waals surface area contributed by atoms with Crippen molar-refractivity contribution in [1.82, 2.24) is 4.90 Å². The predicted molar refractivity (Wildman–Crippen MR) is 71.1 cm³/mol. The molecule has 0 spiro atoms. The smallest absolute Gasteiger partial charge is 0.123 e. The van der Waals surface area contributed by atoms with Crippen molar-refractivity contribution in [3.05, 3.63) is 23.8 Å². The maximum atomic E-state index is 5.84. The van der Waals surface area contributed by atoms with Gasteiger partial charge in [-0.2, -0.15) is 0 Å². The summed E-state index contributed by atoms with van der Waals surface area (Å²) in [5.41, 5.74) is 7.84. The maximum Gasteiger partial charge on any atom is 0.123 e. The summed E-state index contributed by atoms with van der Waals surface area (Å²) in [5.74, 6) is 1.73. The molecule has 1 aliphatic rings. The molecule has 3 nitrogen and oxygen atoms in total. The van der Waals surface area contributed by atoms with Gasteiger partial charge in [0.15, 0.2) is 0 Å². The van der Waals surface area contributed by atoms with Crippen molar-refractivity contribution in [2.45, 2.75) is 32.9 Å². The van der Waals surface area contributed by atoms with E-state index in [0.717, 1.165) is 23.9 Å². The van der Waals surface area contributed by atoms with Gasteiger partial charge in [-0.15, -0.1) is 0 Å². The monoisotopic (exact) mass is 234 g/mol. The highest BCUT2D eigenvalue weighted by Gasteiger charge is 2.26. The molecular weight excluding hydrogens is 212 g/mol. The summed E-state index contributed by atoms with van der Waals surface area (Å²) < 4.78 is 5.39. The lowest BCUT2D eigenvalue weighted by Crippen LogP contribution is -2.26. The first-order valence-electron chi connectivity index (χ1n) is 6.26. The Kier molecular flexibility index (Phi) is 3.57. The number of nitrogen functional groups attached to an aromatic ring is 1. The minimum Gasteiger partial charge on any atom is -0.496 e.